The fraction of sp³-hybridized carbons (Fsp3) is 1.00. The van der Waals surface area contributed by atoms with Gasteiger partial charge in [0.25, 0.3) is 0 Å². The first kappa shape index (κ1) is 12.0. The average Bonchev–Trinajstić information content (AvgIpc) is 2.18. The Labute approximate surface area is 88.0 Å². The first-order valence-electron chi connectivity index (χ1n) is 5.87. The number of nitrogens with two attached hydrogens (primary N) is 1. The van der Waals surface area contributed by atoms with E-state index in [2.05, 4.69) is 24.2 Å². The van der Waals surface area contributed by atoms with E-state index in [0.717, 1.165) is 31.6 Å². The molecule has 84 valence electrons. The molecule has 1 fully saturated rings. The van der Waals surface area contributed by atoms with Crippen LogP contribution in [-0.2, 0) is 0 Å². The number of nitrogens with one attached hydrogen (secondary N) is 1. The number of likely N-dealkylation sites (tertiary alicyclic amines) is 1. The van der Waals surface area contributed by atoms with Crippen LogP contribution in [0.1, 0.15) is 32.6 Å². The fourth-order valence-electron chi connectivity index (χ4n) is 2.05. The molecule has 1 aliphatic rings. The predicted octanol–water partition coefficient (Wildman–Crippen LogP) is 0.798. The molecule has 1 rings (SSSR count). The molecule has 3 heteroatoms. The maximum absolute atomic E-state index is 5.45. The maximum Gasteiger partial charge on any atom is 0.00940 e. The third kappa shape index (κ3) is 3.95. The van der Waals surface area contributed by atoms with Gasteiger partial charge >= 0.3 is 0 Å². The van der Waals surface area contributed by atoms with Crippen LogP contribution in [0.3, 0.4) is 0 Å². The van der Waals surface area contributed by atoms with Gasteiger partial charge in [0.2, 0.25) is 0 Å². The van der Waals surface area contributed by atoms with E-state index >= 15 is 0 Å². The Hall–Kier alpha value is -0.120. The highest BCUT2D eigenvalue weighted by molar-refractivity contribution is 4.80. The summed E-state index contributed by atoms with van der Waals surface area (Å²) in [5.74, 6) is 0. The van der Waals surface area contributed by atoms with Crippen molar-refractivity contribution in [1.82, 2.24) is 10.2 Å². The van der Waals surface area contributed by atoms with Crippen molar-refractivity contribution in [2.45, 2.75) is 44.7 Å². The molecule has 1 saturated heterocycles. The molecule has 2 atom stereocenters. The van der Waals surface area contributed by atoms with Crippen LogP contribution in [0.15, 0.2) is 0 Å². The molecule has 1 aliphatic heterocycles. The second kappa shape index (κ2) is 6.38. The van der Waals surface area contributed by atoms with E-state index in [1.54, 1.807) is 0 Å². The normalized spacial score (nSPS) is 29.4. The lowest BCUT2D eigenvalue weighted by Crippen LogP contribution is -2.45. The molecule has 1 heterocycles. The largest absolute Gasteiger partial charge is 0.330 e. The third-order valence-electron chi connectivity index (χ3n) is 3.27. The number of unbranched alkanes of at least 4 members (excludes halogenated alkanes) is 1. The smallest absolute Gasteiger partial charge is 0.00940 e. The number of hydrogen-bond donors (Lipinski definition) is 2. The lowest BCUT2D eigenvalue weighted by Gasteiger charge is -2.35. The molecule has 0 radical (unpaired) electrons. The van der Waals surface area contributed by atoms with Crippen LogP contribution in [0, 0.1) is 0 Å². The molecule has 0 saturated carbocycles. The molecular weight excluding hydrogens is 174 g/mol. The Bertz CT molecular complexity index is 149. The van der Waals surface area contributed by atoms with E-state index in [1.165, 1.54) is 25.8 Å². The number of hydrogen-bond acceptors (Lipinski definition) is 3. The molecule has 0 aromatic rings. The van der Waals surface area contributed by atoms with E-state index in [1.807, 2.05) is 0 Å². The van der Waals surface area contributed by atoms with Crippen molar-refractivity contribution in [1.29, 1.82) is 0 Å². The van der Waals surface area contributed by atoms with Gasteiger partial charge in [-0.05, 0) is 59.3 Å². The standard InChI is InChI=1S/C11H25N3/c1-10-9-11(5-8-14(10)2)13-7-4-3-6-12/h10-11,13H,3-9,12H2,1-2H3. The summed E-state index contributed by atoms with van der Waals surface area (Å²) in [7, 11) is 2.22. The summed E-state index contributed by atoms with van der Waals surface area (Å²) in [4.78, 5) is 2.44. The van der Waals surface area contributed by atoms with Crippen LogP contribution in [-0.4, -0.2) is 43.7 Å². The van der Waals surface area contributed by atoms with Gasteiger partial charge < -0.3 is 16.0 Å². The molecule has 3 N–H and O–H groups in total. The Morgan fingerprint density at radius 1 is 1.43 bits per heavy atom. The highest BCUT2D eigenvalue weighted by Crippen LogP contribution is 2.14. The minimum atomic E-state index is 0.732. The van der Waals surface area contributed by atoms with Gasteiger partial charge in [0.1, 0.15) is 0 Å². The molecule has 0 amide bonds. The highest BCUT2D eigenvalue weighted by atomic mass is 15.1. The number of rotatable bonds is 5. The van der Waals surface area contributed by atoms with E-state index in [4.69, 9.17) is 5.73 Å². The molecule has 0 bridgehead atoms. The van der Waals surface area contributed by atoms with Gasteiger partial charge in [-0.1, -0.05) is 0 Å². The van der Waals surface area contributed by atoms with E-state index in [0.29, 0.717) is 0 Å². The fourth-order valence-corrected chi connectivity index (χ4v) is 2.05. The van der Waals surface area contributed by atoms with Crippen molar-refractivity contribution in [3.05, 3.63) is 0 Å². The van der Waals surface area contributed by atoms with Crippen molar-refractivity contribution in [3.8, 4) is 0 Å². The zero-order valence-electron chi connectivity index (χ0n) is 9.63. The minimum absolute atomic E-state index is 0.732. The topological polar surface area (TPSA) is 41.3 Å². The summed E-state index contributed by atoms with van der Waals surface area (Å²) in [6.45, 7) is 5.51. The van der Waals surface area contributed by atoms with Gasteiger partial charge in [-0.2, -0.15) is 0 Å². The average molecular weight is 199 g/mol. The molecule has 0 aromatic carbocycles. The van der Waals surface area contributed by atoms with Crippen LogP contribution < -0.4 is 11.1 Å². The second-order valence-electron chi connectivity index (χ2n) is 4.50. The Kier molecular flexibility index (Phi) is 5.45. The Balaban J connectivity index is 2.07. The molecule has 0 aromatic heterocycles. The minimum Gasteiger partial charge on any atom is -0.330 e. The molecule has 0 aliphatic carbocycles. The van der Waals surface area contributed by atoms with Gasteiger partial charge in [0.05, 0.1) is 0 Å². The van der Waals surface area contributed by atoms with Gasteiger partial charge in [-0.3, -0.25) is 0 Å². The van der Waals surface area contributed by atoms with Crippen LogP contribution in [0.2, 0.25) is 0 Å². The molecule has 2 unspecified atom stereocenters. The summed E-state index contributed by atoms with van der Waals surface area (Å²) in [6, 6.07) is 1.47. The maximum atomic E-state index is 5.45. The van der Waals surface area contributed by atoms with Crippen LogP contribution in [0.5, 0.6) is 0 Å². The molecule has 14 heavy (non-hydrogen) atoms. The molecule has 3 nitrogen and oxygen atoms in total. The summed E-state index contributed by atoms with van der Waals surface area (Å²) in [5.41, 5.74) is 5.45. The molecular formula is C11H25N3. The highest BCUT2D eigenvalue weighted by Gasteiger charge is 2.21. The van der Waals surface area contributed by atoms with Gasteiger partial charge in [0.15, 0.2) is 0 Å². The summed E-state index contributed by atoms with van der Waals surface area (Å²) < 4.78 is 0. The van der Waals surface area contributed by atoms with Gasteiger partial charge in [0, 0.05) is 12.1 Å². The lowest BCUT2D eigenvalue weighted by atomic mass is 9.99. The Morgan fingerprint density at radius 3 is 2.86 bits per heavy atom. The van der Waals surface area contributed by atoms with Gasteiger partial charge in [-0.15, -0.1) is 0 Å². The summed E-state index contributed by atoms with van der Waals surface area (Å²) in [5, 5.41) is 3.63. The van der Waals surface area contributed by atoms with E-state index in [-0.39, 0.29) is 0 Å². The van der Waals surface area contributed by atoms with Crippen molar-refractivity contribution < 1.29 is 0 Å². The van der Waals surface area contributed by atoms with Crippen molar-refractivity contribution in [2.75, 3.05) is 26.7 Å². The first-order valence-corrected chi connectivity index (χ1v) is 5.87. The summed E-state index contributed by atoms with van der Waals surface area (Å²) >= 11 is 0. The monoisotopic (exact) mass is 199 g/mol. The van der Waals surface area contributed by atoms with E-state index < -0.39 is 0 Å². The van der Waals surface area contributed by atoms with Crippen molar-refractivity contribution >= 4 is 0 Å². The number of piperidine rings is 1. The summed E-state index contributed by atoms with van der Waals surface area (Å²) in [6.07, 6.45) is 4.95. The van der Waals surface area contributed by atoms with Crippen molar-refractivity contribution in [2.24, 2.45) is 5.73 Å². The zero-order valence-corrected chi connectivity index (χ0v) is 9.63. The first-order chi connectivity index (χ1) is 6.74. The SMILES string of the molecule is CC1CC(NCCCCN)CCN1C. The number of nitrogens with zero attached hydrogens (tertiary/aromatic N) is 1. The molecule has 0 spiro atoms. The zero-order chi connectivity index (χ0) is 10.4. The van der Waals surface area contributed by atoms with E-state index in [9.17, 15) is 0 Å². The van der Waals surface area contributed by atoms with Crippen LogP contribution >= 0.6 is 0 Å². The lowest BCUT2D eigenvalue weighted by molar-refractivity contribution is 0.168. The van der Waals surface area contributed by atoms with Crippen molar-refractivity contribution in [3.63, 3.8) is 0 Å². The second-order valence-corrected chi connectivity index (χ2v) is 4.50. The quantitative estimate of drug-likeness (QED) is 0.644. The Morgan fingerprint density at radius 2 is 2.21 bits per heavy atom. The van der Waals surface area contributed by atoms with Crippen LogP contribution in [0.25, 0.3) is 0 Å². The predicted molar refractivity (Wildman–Crippen MR) is 61.4 cm³/mol. The third-order valence-corrected chi connectivity index (χ3v) is 3.27. The van der Waals surface area contributed by atoms with Gasteiger partial charge in [-0.25, -0.2) is 0 Å². The van der Waals surface area contributed by atoms with Crippen LogP contribution in [0.4, 0.5) is 0 Å².